The van der Waals surface area contributed by atoms with E-state index in [1.54, 1.807) is 6.07 Å². The number of nitrogens with two attached hydrogens (primary N) is 1. The highest BCUT2D eigenvalue weighted by Gasteiger charge is 2.08. The van der Waals surface area contributed by atoms with Gasteiger partial charge in [-0.2, -0.15) is 0 Å². The summed E-state index contributed by atoms with van der Waals surface area (Å²) in [6.45, 7) is 1.91. The minimum atomic E-state index is -0.283. The molecule has 1 rings (SSSR count). The molecule has 0 saturated carbocycles. The number of halogens is 2. The fourth-order valence-corrected chi connectivity index (χ4v) is 1.31. The first-order valence-electron chi connectivity index (χ1n) is 4.27. The Morgan fingerprint density at radius 3 is 2.71 bits per heavy atom. The lowest BCUT2D eigenvalue weighted by molar-refractivity contribution is 0.276. The molecule has 3 N–H and O–H groups in total. The molecule has 0 aromatic heterocycles. The first kappa shape index (κ1) is 13.4. The minimum absolute atomic E-state index is 0. The van der Waals surface area contributed by atoms with E-state index < -0.39 is 0 Å². The predicted octanol–water partition coefficient (Wildman–Crippen LogP) is 1.94. The monoisotopic (exact) mass is 219 g/mol. The second kappa shape index (κ2) is 5.96. The molecule has 0 bridgehead atoms. The number of aliphatic hydroxyl groups is 1. The van der Waals surface area contributed by atoms with Gasteiger partial charge in [-0.3, -0.25) is 0 Å². The van der Waals surface area contributed by atoms with Crippen molar-refractivity contribution < 1.29 is 9.50 Å². The van der Waals surface area contributed by atoms with Crippen molar-refractivity contribution in [3.63, 3.8) is 0 Å². The minimum Gasteiger partial charge on any atom is -0.396 e. The molecule has 0 heterocycles. The highest BCUT2D eigenvalue weighted by Crippen LogP contribution is 2.19. The van der Waals surface area contributed by atoms with Crippen LogP contribution in [0.2, 0.25) is 0 Å². The lowest BCUT2D eigenvalue weighted by Gasteiger charge is -2.13. The van der Waals surface area contributed by atoms with Crippen LogP contribution in [0.4, 0.5) is 4.39 Å². The number of hydrogen-bond donors (Lipinski definition) is 2. The number of rotatable bonds is 3. The third kappa shape index (κ3) is 3.25. The van der Waals surface area contributed by atoms with Crippen molar-refractivity contribution in [1.29, 1.82) is 0 Å². The van der Waals surface area contributed by atoms with E-state index >= 15 is 0 Å². The second-order valence-electron chi connectivity index (χ2n) is 3.12. The molecule has 2 nitrogen and oxygen atoms in total. The topological polar surface area (TPSA) is 46.2 Å². The first-order valence-corrected chi connectivity index (χ1v) is 4.27. The smallest absolute Gasteiger partial charge is 0.123 e. The summed E-state index contributed by atoms with van der Waals surface area (Å²) < 4.78 is 12.8. The van der Waals surface area contributed by atoms with Gasteiger partial charge in [0.05, 0.1) is 0 Å². The van der Waals surface area contributed by atoms with Gasteiger partial charge in [-0.05, 0) is 36.6 Å². The summed E-state index contributed by atoms with van der Waals surface area (Å²) >= 11 is 0. The Hall–Kier alpha value is -0.640. The Bertz CT molecular complexity index is 293. The van der Waals surface area contributed by atoms with Gasteiger partial charge in [0.2, 0.25) is 0 Å². The van der Waals surface area contributed by atoms with Crippen molar-refractivity contribution in [2.45, 2.75) is 19.4 Å². The summed E-state index contributed by atoms with van der Waals surface area (Å²) in [5.74, 6) is -0.283. The summed E-state index contributed by atoms with van der Waals surface area (Å²) in [5.41, 5.74) is 7.48. The van der Waals surface area contributed by atoms with E-state index in [2.05, 4.69) is 0 Å². The molecule has 0 spiro atoms. The first-order chi connectivity index (χ1) is 6.15. The van der Waals surface area contributed by atoms with Gasteiger partial charge < -0.3 is 10.8 Å². The molecule has 0 unspecified atom stereocenters. The van der Waals surface area contributed by atoms with Crippen molar-refractivity contribution in [2.75, 3.05) is 6.61 Å². The fourth-order valence-electron chi connectivity index (χ4n) is 1.31. The fraction of sp³-hybridized carbons (Fsp3) is 0.400. The zero-order valence-electron chi connectivity index (χ0n) is 8.03. The van der Waals surface area contributed by atoms with Crippen molar-refractivity contribution in [1.82, 2.24) is 0 Å². The van der Waals surface area contributed by atoms with E-state index in [-0.39, 0.29) is 30.9 Å². The Kier molecular flexibility index (Phi) is 5.69. The predicted molar refractivity (Wildman–Crippen MR) is 57.0 cm³/mol. The molecule has 0 aliphatic rings. The van der Waals surface area contributed by atoms with Crippen molar-refractivity contribution in [2.24, 2.45) is 5.73 Å². The number of benzene rings is 1. The third-order valence-corrected chi connectivity index (χ3v) is 2.08. The highest BCUT2D eigenvalue weighted by atomic mass is 35.5. The molecule has 14 heavy (non-hydrogen) atoms. The van der Waals surface area contributed by atoms with E-state index in [4.69, 9.17) is 10.8 Å². The maximum atomic E-state index is 12.8. The Morgan fingerprint density at radius 2 is 2.14 bits per heavy atom. The third-order valence-electron chi connectivity index (χ3n) is 2.08. The normalized spacial score (nSPS) is 12.0. The molecule has 1 atom stereocenters. The van der Waals surface area contributed by atoms with E-state index in [0.29, 0.717) is 6.42 Å². The Labute approximate surface area is 89.3 Å². The molecular formula is C10H15ClFNO. The number of aryl methyl sites for hydroxylation is 1. The highest BCUT2D eigenvalue weighted by molar-refractivity contribution is 5.85. The molecule has 0 saturated heterocycles. The van der Waals surface area contributed by atoms with Crippen LogP contribution < -0.4 is 5.73 Å². The molecule has 0 fully saturated rings. The lowest BCUT2D eigenvalue weighted by Crippen LogP contribution is -2.13. The molecule has 4 heteroatoms. The maximum Gasteiger partial charge on any atom is 0.123 e. The molecule has 0 aliphatic carbocycles. The number of hydrogen-bond acceptors (Lipinski definition) is 2. The van der Waals surface area contributed by atoms with Crippen LogP contribution in [-0.2, 0) is 0 Å². The van der Waals surface area contributed by atoms with Crippen LogP contribution in [0.3, 0.4) is 0 Å². The van der Waals surface area contributed by atoms with Gasteiger partial charge in [0.25, 0.3) is 0 Å². The summed E-state index contributed by atoms with van der Waals surface area (Å²) in [5, 5.41) is 8.68. The molecule has 0 amide bonds. The van der Waals surface area contributed by atoms with Gasteiger partial charge in [0, 0.05) is 12.6 Å². The lowest BCUT2D eigenvalue weighted by atomic mass is 10.00. The molecule has 0 radical (unpaired) electrons. The largest absolute Gasteiger partial charge is 0.396 e. The molecule has 1 aromatic carbocycles. The molecule has 0 aliphatic heterocycles. The second-order valence-corrected chi connectivity index (χ2v) is 3.12. The summed E-state index contributed by atoms with van der Waals surface area (Å²) in [7, 11) is 0. The van der Waals surface area contributed by atoms with Gasteiger partial charge in [-0.25, -0.2) is 4.39 Å². The Morgan fingerprint density at radius 1 is 1.50 bits per heavy atom. The van der Waals surface area contributed by atoms with Gasteiger partial charge in [-0.1, -0.05) is 6.07 Å². The van der Waals surface area contributed by atoms with E-state index in [0.717, 1.165) is 11.1 Å². The summed E-state index contributed by atoms with van der Waals surface area (Å²) in [4.78, 5) is 0. The van der Waals surface area contributed by atoms with Crippen LogP contribution in [0.25, 0.3) is 0 Å². The van der Waals surface area contributed by atoms with E-state index in [9.17, 15) is 4.39 Å². The van der Waals surface area contributed by atoms with Crippen molar-refractivity contribution >= 4 is 12.4 Å². The van der Waals surface area contributed by atoms with E-state index in [1.807, 2.05) is 6.92 Å². The van der Waals surface area contributed by atoms with Crippen LogP contribution >= 0.6 is 12.4 Å². The van der Waals surface area contributed by atoms with Crippen molar-refractivity contribution in [3.05, 3.63) is 35.1 Å². The SMILES string of the molecule is Cc1ccc(F)cc1[C@@H](N)CCO.Cl. The molecule has 1 aromatic rings. The van der Waals surface area contributed by atoms with E-state index in [1.165, 1.54) is 12.1 Å². The summed E-state index contributed by atoms with van der Waals surface area (Å²) in [6.07, 6.45) is 0.463. The zero-order valence-corrected chi connectivity index (χ0v) is 8.85. The van der Waals surface area contributed by atoms with Gasteiger partial charge >= 0.3 is 0 Å². The van der Waals surface area contributed by atoms with Crippen LogP contribution in [-0.4, -0.2) is 11.7 Å². The van der Waals surface area contributed by atoms with Gasteiger partial charge in [-0.15, -0.1) is 12.4 Å². The standard InChI is InChI=1S/C10H14FNO.ClH/c1-7-2-3-8(11)6-9(7)10(12)4-5-13;/h2-3,6,10,13H,4-5,12H2,1H3;1H/t10-;/m0./s1. The zero-order chi connectivity index (χ0) is 9.84. The average molecular weight is 220 g/mol. The molecule has 80 valence electrons. The van der Waals surface area contributed by atoms with Crippen LogP contribution in [0.1, 0.15) is 23.6 Å². The van der Waals surface area contributed by atoms with Crippen molar-refractivity contribution in [3.8, 4) is 0 Å². The Balaban J connectivity index is 0.00000169. The number of aliphatic hydroxyl groups excluding tert-OH is 1. The van der Waals surface area contributed by atoms with Crippen LogP contribution in [0, 0.1) is 12.7 Å². The molecular weight excluding hydrogens is 205 g/mol. The van der Waals surface area contributed by atoms with Crippen LogP contribution in [0.5, 0.6) is 0 Å². The van der Waals surface area contributed by atoms with Gasteiger partial charge in [0.1, 0.15) is 5.82 Å². The summed E-state index contributed by atoms with van der Waals surface area (Å²) in [6, 6.07) is 4.25. The van der Waals surface area contributed by atoms with Crippen LogP contribution in [0.15, 0.2) is 18.2 Å². The van der Waals surface area contributed by atoms with Gasteiger partial charge in [0.15, 0.2) is 0 Å². The maximum absolute atomic E-state index is 12.8. The average Bonchev–Trinajstić information content (AvgIpc) is 2.09. The quantitative estimate of drug-likeness (QED) is 0.816.